The monoisotopic (exact) mass is 222 g/mol. The Hall–Kier alpha value is -0.380. The van der Waals surface area contributed by atoms with E-state index in [-0.39, 0.29) is 0 Å². The molecule has 1 aromatic rings. The molecule has 15 heavy (non-hydrogen) atoms. The Morgan fingerprint density at radius 2 is 2.40 bits per heavy atom. The minimum atomic E-state index is 0.556. The second-order valence-electron chi connectivity index (χ2n) is 4.59. The van der Waals surface area contributed by atoms with Gasteiger partial charge in [0.1, 0.15) is 0 Å². The minimum Gasteiger partial charge on any atom is -0.312 e. The Kier molecular flexibility index (Phi) is 2.54. The quantitative estimate of drug-likeness (QED) is 0.785. The third-order valence-electron chi connectivity index (χ3n) is 3.78. The summed E-state index contributed by atoms with van der Waals surface area (Å²) in [6.07, 6.45) is 4.15. The van der Waals surface area contributed by atoms with Crippen LogP contribution in [0.15, 0.2) is 11.4 Å². The van der Waals surface area contributed by atoms with Gasteiger partial charge in [0.2, 0.25) is 0 Å². The Balaban J connectivity index is 1.97. The highest BCUT2D eigenvalue weighted by molar-refractivity contribution is 7.10. The molecule has 1 saturated heterocycles. The smallest absolute Gasteiger partial charge is 0.0458 e. The maximum Gasteiger partial charge on any atom is 0.0458 e. The molecule has 1 fully saturated rings. The normalized spacial score (nSPS) is 31.0. The third kappa shape index (κ3) is 1.53. The molecule has 3 heteroatoms. The summed E-state index contributed by atoms with van der Waals surface area (Å²) in [6.45, 7) is 2.49. The lowest BCUT2D eigenvalue weighted by atomic mass is 9.91. The van der Waals surface area contributed by atoms with Crippen molar-refractivity contribution in [2.75, 3.05) is 20.1 Å². The number of nitrogens with zero attached hydrogens (tertiary/aromatic N) is 1. The second kappa shape index (κ2) is 3.89. The summed E-state index contributed by atoms with van der Waals surface area (Å²) in [7, 11) is 2.08. The van der Waals surface area contributed by atoms with Crippen molar-refractivity contribution in [3.05, 3.63) is 21.9 Å². The fourth-order valence-corrected chi connectivity index (χ4v) is 4.11. The average Bonchev–Trinajstić information content (AvgIpc) is 2.77. The molecule has 2 nitrogen and oxygen atoms in total. The van der Waals surface area contributed by atoms with Gasteiger partial charge in [0.25, 0.3) is 0 Å². The van der Waals surface area contributed by atoms with Crippen molar-refractivity contribution in [1.29, 1.82) is 0 Å². The van der Waals surface area contributed by atoms with Gasteiger partial charge in [-0.1, -0.05) is 6.42 Å². The second-order valence-corrected chi connectivity index (χ2v) is 5.54. The van der Waals surface area contributed by atoms with Crippen LogP contribution in [0.1, 0.15) is 41.8 Å². The van der Waals surface area contributed by atoms with Gasteiger partial charge in [0.15, 0.2) is 0 Å². The number of hydrogen-bond donors (Lipinski definition) is 1. The van der Waals surface area contributed by atoms with E-state index < -0.39 is 0 Å². The molecule has 0 saturated carbocycles. The van der Waals surface area contributed by atoms with E-state index >= 15 is 0 Å². The number of likely N-dealkylation sites (N-methyl/N-ethyl adjacent to an activating group) is 1. The molecule has 0 bridgehead atoms. The van der Waals surface area contributed by atoms with Crippen LogP contribution in [0.5, 0.6) is 0 Å². The van der Waals surface area contributed by atoms with Crippen molar-refractivity contribution in [2.24, 2.45) is 0 Å². The summed E-state index contributed by atoms with van der Waals surface area (Å²) in [5, 5.41) is 5.70. The van der Waals surface area contributed by atoms with Gasteiger partial charge in [-0.2, -0.15) is 0 Å². The van der Waals surface area contributed by atoms with Gasteiger partial charge in [-0.05, 0) is 43.4 Å². The van der Waals surface area contributed by atoms with Gasteiger partial charge in [-0.25, -0.2) is 0 Å². The molecule has 2 atom stereocenters. The predicted molar refractivity (Wildman–Crippen MR) is 64.3 cm³/mol. The van der Waals surface area contributed by atoms with Gasteiger partial charge in [-0.3, -0.25) is 4.90 Å². The third-order valence-corrected chi connectivity index (χ3v) is 4.82. The highest BCUT2D eigenvalue weighted by Gasteiger charge is 2.34. The van der Waals surface area contributed by atoms with E-state index in [1.165, 1.54) is 32.4 Å². The van der Waals surface area contributed by atoms with Crippen molar-refractivity contribution in [1.82, 2.24) is 10.2 Å². The summed E-state index contributed by atoms with van der Waals surface area (Å²) in [6, 6.07) is 3.60. The van der Waals surface area contributed by atoms with E-state index in [0.717, 1.165) is 6.04 Å². The number of nitrogens with one attached hydrogen (secondary N) is 1. The van der Waals surface area contributed by atoms with Crippen LogP contribution < -0.4 is 5.32 Å². The fourth-order valence-electron chi connectivity index (χ4n) is 2.98. The van der Waals surface area contributed by atoms with E-state index in [1.807, 2.05) is 11.3 Å². The zero-order chi connectivity index (χ0) is 10.3. The molecule has 0 aromatic carbocycles. The number of piperidine rings is 1. The zero-order valence-electron chi connectivity index (χ0n) is 9.20. The van der Waals surface area contributed by atoms with Crippen LogP contribution in [-0.4, -0.2) is 25.0 Å². The molecular formula is C12H18N2S. The molecule has 0 spiro atoms. The standard InChI is InChI=1S/C12H18N2S/c1-13-10-8-14-6-3-2-4-11(14)12-9(10)5-7-15-12/h5,7,10-11,13H,2-4,6,8H2,1H3. The Bertz CT molecular complexity index is 347. The van der Waals surface area contributed by atoms with E-state index in [2.05, 4.69) is 28.7 Å². The summed E-state index contributed by atoms with van der Waals surface area (Å²) in [4.78, 5) is 4.30. The van der Waals surface area contributed by atoms with Crippen molar-refractivity contribution in [2.45, 2.75) is 31.3 Å². The van der Waals surface area contributed by atoms with Crippen molar-refractivity contribution in [3.63, 3.8) is 0 Å². The summed E-state index contributed by atoms with van der Waals surface area (Å²) < 4.78 is 0. The van der Waals surface area contributed by atoms with Gasteiger partial charge >= 0.3 is 0 Å². The van der Waals surface area contributed by atoms with E-state index in [4.69, 9.17) is 0 Å². The first-order valence-corrected chi connectivity index (χ1v) is 6.76. The van der Waals surface area contributed by atoms with Crippen molar-refractivity contribution in [3.8, 4) is 0 Å². The van der Waals surface area contributed by atoms with Crippen LogP contribution in [0.2, 0.25) is 0 Å². The zero-order valence-corrected chi connectivity index (χ0v) is 10.0. The molecule has 3 heterocycles. The van der Waals surface area contributed by atoms with Gasteiger partial charge in [0, 0.05) is 23.5 Å². The summed E-state index contributed by atoms with van der Waals surface area (Å²) in [5.74, 6) is 0. The molecule has 0 amide bonds. The van der Waals surface area contributed by atoms with Crippen LogP contribution in [0, 0.1) is 0 Å². The topological polar surface area (TPSA) is 15.3 Å². The maximum absolute atomic E-state index is 3.44. The Morgan fingerprint density at radius 3 is 3.27 bits per heavy atom. The van der Waals surface area contributed by atoms with Crippen molar-refractivity contribution < 1.29 is 0 Å². The molecule has 1 N–H and O–H groups in total. The largest absolute Gasteiger partial charge is 0.312 e. The molecule has 0 aliphatic carbocycles. The number of fused-ring (bicyclic) bond motifs is 3. The lowest BCUT2D eigenvalue weighted by molar-refractivity contribution is 0.122. The minimum absolute atomic E-state index is 0.556. The predicted octanol–water partition coefficient (Wildman–Crippen LogP) is 2.55. The first-order chi connectivity index (χ1) is 7.40. The van der Waals surface area contributed by atoms with E-state index in [9.17, 15) is 0 Å². The first-order valence-electron chi connectivity index (χ1n) is 5.89. The molecule has 2 aliphatic heterocycles. The average molecular weight is 222 g/mol. The Morgan fingerprint density at radius 1 is 1.47 bits per heavy atom. The van der Waals surface area contributed by atoms with Crippen LogP contribution in [-0.2, 0) is 0 Å². The number of hydrogen-bond acceptors (Lipinski definition) is 3. The van der Waals surface area contributed by atoms with Gasteiger partial charge < -0.3 is 5.32 Å². The van der Waals surface area contributed by atoms with Crippen molar-refractivity contribution >= 4 is 11.3 Å². The highest BCUT2D eigenvalue weighted by Crippen LogP contribution is 2.42. The molecule has 2 unspecified atom stereocenters. The molecule has 2 aliphatic rings. The lowest BCUT2D eigenvalue weighted by Gasteiger charge is -2.42. The summed E-state index contributed by atoms with van der Waals surface area (Å²) >= 11 is 1.95. The highest BCUT2D eigenvalue weighted by atomic mass is 32.1. The molecule has 1 aromatic heterocycles. The molecule has 3 rings (SSSR count). The maximum atomic E-state index is 3.44. The lowest BCUT2D eigenvalue weighted by Crippen LogP contribution is -2.43. The number of rotatable bonds is 1. The SMILES string of the molecule is CNC1CN2CCCCC2c2sccc21. The summed E-state index contributed by atoms with van der Waals surface area (Å²) in [5.41, 5.74) is 1.56. The van der Waals surface area contributed by atoms with Gasteiger partial charge in [-0.15, -0.1) is 11.3 Å². The molecule has 0 radical (unpaired) electrons. The van der Waals surface area contributed by atoms with Crippen LogP contribution >= 0.6 is 11.3 Å². The number of thiophene rings is 1. The molecule has 82 valence electrons. The van der Waals surface area contributed by atoms with E-state index in [1.54, 1.807) is 10.4 Å². The van der Waals surface area contributed by atoms with Crippen LogP contribution in [0.25, 0.3) is 0 Å². The van der Waals surface area contributed by atoms with E-state index in [0.29, 0.717) is 6.04 Å². The van der Waals surface area contributed by atoms with Gasteiger partial charge in [0.05, 0.1) is 0 Å². The van der Waals surface area contributed by atoms with Crippen LogP contribution in [0.3, 0.4) is 0 Å². The first kappa shape index (κ1) is 9.82. The Labute approximate surface area is 95.3 Å². The van der Waals surface area contributed by atoms with Crippen LogP contribution in [0.4, 0.5) is 0 Å². The molecular weight excluding hydrogens is 204 g/mol. The fraction of sp³-hybridized carbons (Fsp3) is 0.667.